The maximum Gasteiger partial charge on any atom is 0.218 e. The Morgan fingerprint density at radius 1 is 1.17 bits per heavy atom. The molecule has 0 N–H and O–H groups in total. The third-order valence-corrected chi connectivity index (χ3v) is 1.76. The fourth-order valence-electron chi connectivity index (χ4n) is 1.05. The first kappa shape index (κ1) is 7.15. The lowest BCUT2D eigenvalue weighted by atomic mass is 10.2. The molecule has 0 aliphatic carbocycles. The van der Waals surface area contributed by atoms with Crippen molar-refractivity contribution in [2.75, 3.05) is 0 Å². The molecule has 0 fully saturated rings. The van der Waals surface area contributed by atoms with Crippen molar-refractivity contribution in [1.29, 1.82) is 0 Å². The number of hydrogen-bond donors (Lipinski definition) is 0. The number of hydrogen-bond acceptors (Lipinski definition) is 4. The van der Waals surface area contributed by atoms with Crippen LogP contribution in [-0.2, 0) is 0 Å². The zero-order chi connectivity index (χ0) is 8.72. The van der Waals surface area contributed by atoms with E-state index in [1.165, 1.54) is 0 Å². The van der Waals surface area contributed by atoms with Gasteiger partial charge in [-0.3, -0.25) is 0 Å². The molecule has 0 bridgehead atoms. The minimum absolute atomic E-state index is 0.372. The third kappa shape index (κ3) is 0.792. The van der Waals surface area contributed by atoms with Crippen molar-refractivity contribution in [2.45, 2.75) is 13.8 Å². The summed E-state index contributed by atoms with van der Waals surface area (Å²) in [6.07, 6.45) is 0. The van der Waals surface area contributed by atoms with Gasteiger partial charge in [0.1, 0.15) is 5.52 Å². The van der Waals surface area contributed by atoms with Crippen LogP contribution in [0, 0.1) is 19.8 Å². The average Bonchev–Trinajstić information content (AvgIpc) is 2.48. The lowest BCUT2D eigenvalue weighted by Gasteiger charge is -1.95. The third-order valence-electron chi connectivity index (χ3n) is 1.76. The molecule has 2 aromatic heterocycles. The van der Waals surface area contributed by atoms with Crippen molar-refractivity contribution in [2.24, 2.45) is 0 Å². The van der Waals surface area contributed by atoms with Gasteiger partial charge >= 0.3 is 0 Å². The summed E-state index contributed by atoms with van der Waals surface area (Å²) < 4.78 is 17.4. The van der Waals surface area contributed by atoms with E-state index in [0.29, 0.717) is 22.3 Å². The molecule has 0 aliphatic heterocycles. The smallest absolute Gasteiger partial charge is 0.218 e. The Bertz CT molecular complexity index is 437. The highest BCUT2D eigenvalue weighted by atomic mass is 19.1. The molecule has 0 saturated carbocycles. The van der Waals surface area contributed by atoms with E-state index in [0.717, 1.165) is 0 Å². The summed E-state index contributed by atoms with van der Waals surface area (Å²) >= 11 is 0. The van der Waals surface area contributed by atoms with Crippen molar-refractivity contribution in [3.63, 3.8) is 0 Å². The van der Waals surface area contributed by atoms with E-state index >= 15 is 0 Å². The Labute approximate surface area is 67.4 Å². The van der Waals surface area contributed by atoms with Crippen LogP contribution in [0.15, 0.2) is 4.63 Å². The highest BCUT2D eigenvalue weighted by molar-refractivity contribution is 5.78. The predicted octanol–water partition coefficient (Wildman–Crippen LogP) is 1.37. The van der Waals surface area contributed by atoms with Crippen molar-refractivity contribution in [3.05, 3.63) is 17.2 Å². The molecular formula is C7H6FN3O. The van der Waals surface area contributed by atoms with Gasteiger partial charge in [0.2, 0.25) is 5.95 Å². The monoisotopic (exact) mass is 167 g/mol. The molecule has 0 spiro atoms. The van der Waals surface area contributed by atoms with Gasteiger partial charge in [-0.15, -0.1) is 0 Å². The first-order chi connectivity index (χ1) is 5.70. The molecule has 0 saturated heterocycles. The lowest BCUT2D eigenvalue weighted by Crippen LogP contribution is -1.93. The summed E-state index contributed by atoms with van der Waals surface area (Å²) in [5, 5.41) is 7.18. The van der Waals surface area contributed by atoms with Gasteiger partial charge in [0, 0.05) is 5.56 Å². The molecule has 5 heteroatoms. The number of rotatable bonds is 0. The minimum Gasteiger partial charge on any atom is -0.243 e. The number of fused-ring (bicyclic) bond motifs is 1. The van der Waals surface area contributed by atoms with Crippen LogP contribution in [0.3, 0.4) is 0 Å². The Kier molecular flexibility index (Phi) is 1.33. The minimum atomic E-state index is -0.518. The van der Waals surface area contributed by atoms with Gasteiger partial charge < -0.3 is 0 Å². The molecule has 0 aliphatic rings. The largest absolute Gasteiger partial charge is 0.243 e. The van der Waals surface area contributed by atoms with Crippen LogP contribution in [0.4, 0.5) is 4.39 Å². The Morgan fingerprint density at radius 3 is 2.58 bits per heavy atom. The molecule has 12 heavy (non-hydrogen) atoms. The number of aromatic nitrogens is 3. The molecule has 0 radical (unpaired) electrons. The quantitative estimate of drug-likeness (QED) is 0.556. The predicted molar refractivity (Wildman–Crippen MR) is 39.0 cm³/mol. The molecule has 62 valence electrons. The summed E-state index contributed by atoms with van der Waals surface area (Å²) in [6, 6.07) is 0. The van der Waals surface area contributed by atoms with E-state index in [1.807, 2.05) is 0 Å². The maximum atomic E-state index is 13.0. The van der Waals surface area contributed by atoms with Crippen LogP contribution in [-0.4, -0.2) is 15.3 Å². The maximum absolute atomic E-state index is 13.0. The summed E-state index contributed by atoms with van der Waals surface area (Å²) in [5.41, 5.74) is 1.83. The van der Waals surface area contributed by atoms with Crippen LogP contribution < -0.4 is 0 Å². The van der Waals surface area contributed by atoms with Crippen LogP contribution in [0.5, 0.6) is 0 Å². The van der Waals surface area contributed by atoms with Crippen LogP contribution >= 0.6 is 0 Å². The van der Waals surface area contributed by atoms with E-state index in [9.17, 15) is 4.39 Å². The van der Waals surface area contributed by atoms with E-state index in [1.54, 1.807) is 13.8 Å². The summed E-state index contributed by atoms with van der Waals surface area (Å²) in [6.45, 7) is 3.25. The second kappa shape index (κ2) is 2.23. The van der Waals surface area contributed by atoms with Crippen LogP contribution in [0.25, 0.3) is 11.0 Å². The molecule has 0 unspecified atom stereocenters. The van der Waals surface area contributed by atoms with E-state index in [-0.39, 0.29) is 0 Å². The average molecular weight is 167 g/mol. The number of nitrogens with zero attached hydrogens (tertiary/aromatic N) is 3. The fraction of sp³-hybridized carbons (Fsp3) is 0.286. The van der Waals surface area contributed by atoms with Gasteiger partial charge in [0.05, 0.1) is 5.69 Å². The van der Waals surface area contributed by atoms with Crippen LogP contribution in [0.1, 0.15) is 11.3 Å². The van der Waals surface area contributed by atoms with Crippen molar-refractivity contribution in [1.82, 2.24) is 15.3 Å². The molecule has 2 aromatic rings. The SMILES string of the molecule is Cc1nc(F)c(C)c2nonc12. The Morgan fingerprint density at radius 2 is 1.83 bits per heavy atom. The van der Waals surface area contributed by atoms with Crippen molar-refractivity contribution in [3.8, 4) is 0 Å². The summed E-state index contributed by atoms with van der Waals surface area (Å²) in [7, 11) is 0. The molecule has 0 aromatic carbocycles. The molecule has 0 atom stereocenters. The van der Waals surface area contributed by atoms with Gasteiger partial charge in [0.15, 0.2) is 5.52 Å². The Balaban J connectivity index is 2.97. The van der Waals surface area contributed by atoms with E-state index in [4.69, 9.17) is 0 Å². The van der Waals surface area contributed by atoms with E-state index < -0.39 is 5.95 Å². The second-order valence-corrected chi connectivity index (χ2v) is 2.57. The normalized spacial score (nSPS) is 10.9. The molecule has 2 heterocycles. The van der Waals surface area contributed by atoms with Gasteiger partial charge in [-0.05, 0) is 24.2 Å². The number of pyridine rings is 1. The first-order valence-corrected chi connectivity index (χ1v) is 3.45. The van der Waals surface area contributed by atoms with Gasteiger partial charge in [0.25, 0.3) is 0 Å². The van der Waals surface area contributed by atoms with Crippen molar-refractivity contribution >= 4 is 11.0 Å². The molecule has 0 amide bonds. The number of aryl methyl sites for hydroxylation is 2. The molecular weight excluding hydrogens is 161 g/mol. The molecule has 2 rings (SSSR count). The van der Waals surface area contributed by atoms with E-state index in [2.05, 4.69) is 19.9 Å². The zero-order valence-corrected chi connectivity index (χ0v) is 6.63. The van der Waals surface area contributed by atoms with Gasteiger partial charge in [-0.25, -0.2) is 9.61 Å². The summed E-state index contributed by atoms with van der Waals surface area (Å²) in [5.74, 6) is -0.518. The Hall–Kier alpha value is -1.52. The van der Waals surface area contributed by atoms with Crippen LogP contribution in [0.2, 0.25) is 0 Å². The highest BCUT2D eigenvalue weighted by Gasteiger charge is 2.12. The topological polar surface area (TPSA) is 51.8 Å². The first-order valence-electron chi connectivity index (χ1n) is 3.45. The second-order valence-electron chi connectivity index (χ2n) is 2.57. The van der Waals surface area contributed by atoms with Crippen molar-refractivity contribution < 1.29 is 9.02 Å². The zero-order valence-electron chi connectivity index (χ0n) is 6.63. The van der Waals surface area contributed by atoms with Gasteiger partial charge in [-0.1, -0.05) is 0 Å². The number of halogens is 1. The lowest BCUT2D eigenvalue weighted by molar-refractivity contribution is 0.315. The molecule has 4 nitrogen and oxygen atoms in total. The standard InChI is InChI=1S/C7H6FN3O/c1-3-5-6(11-12-10-5)4(2)9-7(3)8/h1-2H3. The van der Waals surface area contributed by atoms with Gasteiger partial charge in [-0.2, -0.15) is 4.39 Å². The fourth-order valence-corrected chi connectivity index (χ4v) is 1.05. The summed E-state index contributed by atoms with van der Waals surface area (Å²) in [4.78, 5) is 3.64. The highest BCUT2D eigenvalue weighted by Crippen LogP contribution is 2.17.